The van der Waals surface area contributed by atoms with Gasteiger partial charge in [-0.3, -0.25) is 14.6 Å². The number of amides is 3. The fourth-order valence-corrected chi connectivity index (χ4v) is 6.01. The van der Waals surface area contributed by atoms with Gasteiger partial charge in [0.05, 0.1) is 36.4 Å². The van der Waals surface area contributed by atoms with Crippen LogP contribution in [0.2, 0.25) is 0 Å². The third-order valence-electron chi connectivity index (χ3n) is 8.32. The lowest BCUT2D eigenvalue weighted by molar-refractivity contribution is -0.136. The molecule has 2 fully saturated rings. The van der Waals surface area contributed by atoms with Crippen molar-refractivity contribution >= 4 is 11.9 Å². The van der Waals surface area contributed by atoms with Gasteiger partial charge in [-0.05, 0) is 65.4 Å². The van der Waals surface area contributed by atoms with Crippen molar-refractivity contribution in [2.24, 2.45) is 0 Å². The van der Waals surface area contributed by atoms with Gasteiger partial charge in [-0.1, -0.05) is 36.4 Å². The highest BCUT2D eigenvalue weighted by atomic mass is 16.5. The van der Waals surface area contributed by atoms with Crippen LogP contribution >= 0.6 is 0 Å². The Morgan fingerprint density at radius 2 is 1.38 bits per heavy atom. The molecule has 40 heavy (non-hydrogen) atoms. The number of benzene rings is 3. The third kappa shape index (κ3) is 4.68. The maximum absolute atomic E-state index is 14.0. The first kappa shape index (κ1) is 25.6. The molecular formula is C32H29N5O3. The van der Waals surface area contributed by atoms with E-state index in [9.17, 15) is 14.9 Å². The predicted molar refractivity (Wildman–Crippen MR) is 147 cm³/mol. The van der Waals surface area contributed by atoms with Gasteiger partial charge in [0.2, 0.25) is 0 Å². The number of nitrogens with zero attached hydrogens (tertiary/aromatic N) is 5. The smallest absolute Gasteiger partial charge is 0.328 e. The molecule has 1 spiro atoms. The molecule has 0 N–H and O–H groups in total. The van der Waals surface area contributed by atoms with Gasteiger partial charge in [0.1, 0.15) is 11.3 Å². The maximum Gasteiger partial charge on any atom is 0.328 e. The second kappa shape index (κ2) is 10.5. The summed E-state index contributed by atoms with van der Waals surface area (Å²) in [4.78, 5) is 33.3. The van der Waals surface area contributed by atoms with E-state index < -0.39 is 5.54 Å². The minimum atomic E-state index is -0.922. The Bertz CT molecular complexity index is 1530. The number of ether oxygens (including phenoxy) is 1. The van der Waals surface area contributed by atoms with Crippen LogP contribution in [0.15, 0.2) is 66.7 Å². The lowest BCUT2D eigenvalue weighted by atomic mass is 9.85. The van der Waals surface area contributed by atoms with Gasteiger partial charge in [-0.2, -0.15) is 10.5 Å². The number of rotatable bonds is 6. The summed E-state index contributed by atoms with van der Waals surface area (Å²) in [6, 6.07) is 24.5. The van der Waals surface area contributed by atoms with E-state index in [0.717, 1.165) is 36.4 Å². The Hall–Kier alpha value is -4.66. The fraction of sp³-hybridized carbons (Fsp3) is 0.312. The van der Waals surface area contributed by atoms with Crippen LogP contribution in [0.5, 0.6) is 5.75 Å². The van der Waals surface area contributed by atoms with E-state index in [0.29, 0.717) is 43.6 Å². The number of piperidine rings is 1. The van der Waals surface area contributed by atoms with Crippen LogP contribution < -0.4 is 4.74 Å². The van der Waals surface area contributed by atoms with Crippen molar-refractivity contribution in [2.75, 3.05) is 19.7 Å². The largest absolute Gasteiger partial charge is 0.493 e. The van der Waals surface area contributed by atoms with Crippen LogP contribution in [-0.2, 0) is 30.8 Å². The Labute approximate surface area is 233 Å². The molecular weight excluding hydrogens is 502 g/mol. The fourth-order valence-electron chi connectivity index (χ4n) is 6.01. The number of nitriles is 2. The van der Waals surface area contributed by atoms with Gasteiger partial charge >= 0.3 is 6.03 Å². The topological polar surface area (TPSA) is 101 Å². The zero-order valence-corrected chi connectivity index (χ0v) is 22.2. The van der Waals surface area contributed by atoms with Crippen LogP contribution in [0.25, 0.3) is 0 Å². The van der Waals surface area contributed by atoms with Gasteiger partial charge in [-0.15, -0.1) is 0 Å². The first-order chi connectivity index (χ1) is 19.5. The number of carbonyl (C=O) groups excluding carboxylic acids is 2. The number of urea groups is 1. The molecule has 3 aliphatic heterocycles. The van der Waals surface area contributed by atoms with Crippen molar-refractivity contribution < 1.29 is 14.3 Å². The van der Waals surface area contributed by atoms with Crippen molar-refractivity contribution in [2.45, 2.75) is 44.4 Å². The standard InChI is InChI=1S/C32H29N5O3/c33-18-23-1-5-25(6-2-23)21-36-30(38)32(37(31(36)39)22-26-7-3-24(19-34)4-8-26)12-14-35(15-13-32)20-27-9-10-28-11-16-40-29(28)17-27/h1-10,17H,11-16,20-22H2. The highest BCUT2D eigenvalue weighted by Gasteiger charge is 2.57. The maximum atomic E-state index is 14.0. The van der Waals surface area contributed by atoms with Gasteiger partial charge in [0.15, 0.2) is 0 Å². The molecule has 3 heterocycles. The molecule has 3 amide bonds. The van der Waals surface area contributed by atoms with Crippen LogP contribution in [-0.4, -0.2) is 51.9 Å². The number of imide groups is 1. The zero-order chi connectivity index (χ0) is 27.7. The highest BCUT2D eigenvalue weighted by molar-refractivity contribution is 6.07. The second-order valence-corrected chi connectivity index (χ2v) is 10.7. The summed E-state index contributed by atoms with van der Waals surface area (Å²) in [5, 5.41) is 18.3. The number of likely N-dealkylation sites (tertiary alicyclic amines) is 1. The molecule has 0 aliphatic carbocycles. The van der Waals surface area contributed by atoms with E-state index in [1.54, 1.807) is 41.3 Å². The summed E-state index contributed by atoms with van der Waals surface area (Å²) in [5.74, 6) is 0.802. The SMILES string of the molecule is N#Cc1ccc(CN2C(=O)N(Cc3ccc(C#N)cc3)C3(CCN(Cc4ccc5c(c4)OCC5)CC3)C2=O)cc1. The number of carbonyl (C=O) groups is 2. The summed E-state index contributed by atoms with van der Waals surface area (Å²) in [6.45, 7) is 3.32. The van der Waals surface area contributed by atoms with Gasteiger partial charge < -0.3 is 9.64 Å². The highest BCUT2D eigenvalue weighted by Crippen LogP contribution is 2.39. The van der Waals surface area contributed by atoms with Crippen molar-refractivity contribution in [3.8, 4) is 17.9 Å². The minimum absolute atomic E-state index is 0.161. The van der Waals surface area contributed by atoms with Gasteiger partial charge in [0.25, 0.3) is 5.91 Å². The van der Waals surface area contributed by atoms with Crippen LogP contribution in [0, 0.1) is 22.7 Å². The van der Waals surface area contributed by atoms with Crippen molar-refractivity contribution in [3.63, 3.8) is 0 Å². The Kier molecular flexibility index (Phi) is 6.71. The van der Waals surface area contributed by atoms with Crippen molar-refractivity contribution in [1.82, 2.24) is 14.7 Å². The zero-order valence-electron chi connectivity index (χ0n) is 22.2. The molecule has 0 aromatic heterocycles. The summed E-state index contributed by atoms with van der Waals surface area (Å²) >= 11 is 0. The predicted octanol–water partition coefficient (Wildman–Crippen LogP) is 4.36. The minimum Gasteiger partial charge on any atom is -0.493 e. The first-order valence-corrected chi connectivity index (χ1v) is 13.6. The number of fused-ring (bicyclic) bond motifs is 1. The third-order valence-corrected chi connectivity index (χ3v) is 8.32. The lowest BCUT2D eigenvalue weighted by Crippen LogP contribution is -2.56. The van der Waals surface area contributed by atoms with Gasteiger partial charge in [-0.25, -0.2) is 4.79 Å². The van der Waals surface area contributed by atoms with Crippen molar-refractivity contribution in [3.05, 3.63) is 100 Å². The molecule has 8 heteroatoms. The first-order valence-electron chi connectivity index (χ1n) is 13.6. The molecule has 0 saturated carbocycles. The molecule has 200 valence electrons. The van der Waals surface area contributed by atoms with Crippen LogP contribution in [0.1, 0.15) is 46.2 Å². The summed E-state index contributed by atoms with van der Waals surface area (Å²) in [5.41, 5.74) is 4.26. The average molecular weight is 532 g/mol. The summed E-state index contributed by atoms with van der Waals surface area (Å²) < 4.78 is 5.74. The molecule has 3 aromatic rings. The average Bonchev–Trinajstić information content (AvgIpc) is 3.53. The van der Waals surface area contributed by atoms with E-state index in [1.807, 2.05) is 12.1 Å². The Morgan fingerprint density at radius 1 is 0.775 bits per heavy atom. The van der Waals surface area contributed by atoms with E-state index in [-0.39, 0.29) is 18.5 Å². The molecule has 6 rings (SSSR count). The molecule has 0 radical (unpaired) electrons. The Morgan fingerprint density at radius 3 is 2.00 bits per heavy atom. The summed E-state index contributed by atoms with van der Waals surface area (Å²) in [6.07, 6.45) is 2.03. The monoisotopic (exact) mass is 531 g/mol. The molecule has 0 atom stereocenters. The molecule has 3 aromatic carbocycles. The van der Waals surface area contributed by atoms with E-state index in [1.165, 1.54) is 16.0 Å². The molecule has 0 bridgehead atoms. The molecule has 2 saturated heterocycles. The van der Waals surface area contributed by atoms with Crippen molar-refractivity contribution in [1.29, 1.82) is 10.5 Å². The normalized spacial score (nSPS) is 17.9. The van der Waals surface area contributed by atoms with E-state index >= 15 is 0 Å². The molecule has 3 aliphatic rings. The van der Waals surface area contributed by atoms with Gasteiger partial charge in [0, 0.05) is 32.6 Å². The van der Waals surface area contributed by atoms with E-state index in [4.69, 9.17) is 10.00 Å². The summed E-state index contributed by atoms with van der Waals surface area (Å²) in [7, 11) is 0. The second-order valence-electron chi connectivity index (χ2n) is 10.7. The number of hydrogen-bond acceptors (Lipinski definition) is 6. The van der Waals surface area contributed by atoms with E-state index in [2.05, 4.69) is 35.2 Å². The quantitative estimate of drug-likeness (QED) is 0.438. The number of hydrogen-bond donors (Lipinski definition) is 0. The van der Waals surface area contributed by atoms with Crippen LogP contribution in [0.3, 0.4) is 0 Å². The molecule has 0 unspecified atom stereocenters. The lowest BCUT2D eigenvalue weighted by Gasteiger charge is -2.42. The Balaban J connectivity index is 1.23. The molecule has 8 nitrogen and oxygen atoms in total. The van der Waals surface area contributed by atoms with Crippen LogP contribution in [0.4, 0.5) is 4.79 Å².